The Kier molecular flexibility index (Phi) is 4.95. The van der Waals surface area contributed by atoms with Crippen LogP contribution in [-0.2, 0) is 20.1 Å². The van der Waals surface area contributed by atoms with Crippen LogP contribution in [0.25, 0.3) is 0 Å². The predicted octanol–water partition coefficient (Wildman–Crippen LogP) is 1.33. The first-order chi connectivity index (χ1) is 9.69. The third-order valence-electron chi connectivity index (χ3n) is 2.82. The lowest BCUT2D eigenvalue weighted by atomic mass is 10.2. The fourth-order valence-corrected chi connectivity index (χ4v) is 1.76. The third-order valence-corrected chi connectivity index (χ3v) is 3.07. The van der Waals surface area contributed by atoms with Crippen LogP contribution in [0.15, 0.2) is 35.6 Å². The van der Waals surface area contributed by atoms with Crippen molar-refractivity contribution in [1.82, 2.24) is 25.4 Å². The molecule has 0 saturated carbocycles. The molecule has 0 aliphatic rings. The SMILES string of the molecule is CN=C(NCc1ccc(Cl)cc1)NCc1nncn1C. The zero-order chi connectivity index (χ0) is 14.4. The number of benzene rings is 1. The number of hydrogen-bond acceptors (Lipinski definition) is 3. The van der Waals surface area contributed by atoms with Crippen LogP contribution < -0.4 is 10.6 Å². The van der Waals surface area contributed by atoms with Gasteiger partial charge in [-0.2, -0.15) is 0 Å². The Morgan fingerprint density at radius 3 is 2.55 bits per heavy atom. The first-order valence-corrected chi connectivity index (χ1v) is 6.58. The summed E-state index contributed by atoms with van der Waals surface area (Å²) >= 11 is 5.85. The largest absolute Gasteiger partial charge is 0.352 e. The average Bonchev–Trinajstić information content (AvgIpc) is 2.86. The summed E-state index contributed by atoms with van der Waals surface area (Å²) in [4.78, 5) is 4.16. The van der Waals surface area contributed by atoms with Gasteiger partial charge in [-0.3, -0.25) is 4.99 Å². The summed E-state index contributed by atoms with van der Waals surface area (Å²) in [6.45, 7) is 1.24. The van der Waals surface area contributed by atoms with Crippen LogP contribution in [0, 0.1) is 0 Å². The van der Waals surface area contributed by atoms with Gasteiger partial charge in [0.05, 0.1) is 6.54 Å². The molecule has 1 aromatic heterocycles. The minimum Gasteiger partial charge on any atom is -0.352 e. The van der Waals surface area contributed by atoms with E-state index in [1.54, 1.807) is 13.4 Å². The Labute approximate surface area is 122 Å². The molecule has 0 spiro atoms. The lowest BCUT2D eigenvalue weighted by molar-refractivity contribution is 0.725. The lowest BCUT2D eigenvalue weighted by Gasteiger charge is -2.11. The lowest BCUT2D eigenvalue weighted by Crippen LogP contribution is -2.36. The van der Waals surface area contributed by atoms with Gasteiger partial charge in [-0.1, -0.05) is 23.7 Å². The van der Waals surface area contributed by atoms with Crippen molar-refractivity contribution < 1.29 is 0 Å². The number of aromatic nitrogens is 3. The molecule has 0 saturated heterocycles. The molecule has 0 unspecified atom stereocenters. The van der Waals surface area contributed by atoms with Gasteiger partial charge in [0.2, 0.25) is 0 Å². The Bertz CT molecular complexity index is 575. The van der Waals surface area contributed by atoms with Gasteiger partial charge in [0, 0.05) is 25.7 Å². The maximum absolute atomic E-state index is 5.85. The maximum Gasteiger partial charge on any atom is 0.191 e. The van der Waals surface area contributed by atoms with Crippen molar-refractivity contribution in [1.29, 1.82) is 0 Å². The van der Waals surface area contributed by atoms with Gasteiger partial charge in [0.25, 0.3) is 0 Å². The molecule has 0 aliphatic heterocycles. The van der Waals surface area contributed by atoms with E-state index in [0.29, 0.717) is 19.0 Å². The van der Waals surface area contributed by atoms with Crippen LogP contribution in [0.4, 0.5) is 0 Å². The van der Waals surface area contributed by atoms with Crippen molar-refractivity contribution in [2.24, 2.45) is 12.0 Å². The van der Waals surface area contributed by atoms with Crippen molar-refractivity contribution in [2.45, 2.75) is 13.1 Å². The zero-order valence-electron chi connectivity index (χ0n) is 11.5. The molecular formula is C13H17ClN6. The van der Waals surface area contributed by atoms with E-state index in [1.165, 1.54) is 0 Å². The van der Waals surface area contributed by atoms with Gasteiger partial charge < -0.3 is 15.2 Å². The number of nitrogens with one attached hydrogen (secondary N) is 2. The molecular weight excluding hydrogens is 276 g/mol. The third kappa shape index (κ3) is 3.96. The van der Waals surface area contributed by atoms with Crippen LogP contribution in [0.5, 0.6) is 0 Å². The summed E-state index contributed by atoms with van der Waals surface area (Å²) in [6.07, 6.45) is 1.67. The molecule has 0 bridgehead atoms. The number of hydrogen-bond donors (Lipinski definition) is 2. The van der Waals surface area contributed by atoms with Gasteiger partial charge in [-0.15, -0.1) is 10.2 Å². The molecule has 0 radical (unpaired) electrons. The molecule has 20 heavy (non-hydrogen) atoms. The normalized spacial score (nSPS) is 11.4. The van der Waals surface area contributed by atoms with Gasteiger partial charge in [-0.25, -0.2) is 0 Å². The van der Waals surface area contributed by atoms with Crippen molar-refractivity contribution in [3.63, 3.8) is 0 Å². The maximum atomic E-state index is 5.85. The van der Waals surface area contributed by atoms with Crippen molar-refractivity contribution >= 4 is 17.6 Å². The summed E-state index contributed by atoms with van der Waals surface area (Å²) in [5.74, 6) is 1.56. The molecule has 0 atom stereocenters. The van der Waals surface area contributed by atoms with E-state index in [9.17, 15) is 0 Å². The molecule has 6 nitrogen and oxygen atoms in total. The molecule has 1 heterocycles. The van der Waals surface area contributed by atoms with E-state index in [-0.39, 0.29) is 0 Å². The van der Waals surface area contributed by atoms with Gasteiger partial charge in [-0.05, 0) is 17.7 Å². The van der Waals surface area contributed by atoms with Crippen molar-refractivity contribution in [3.05, 3.63) is 47.0 Å². The standard InChI is InChI=1S/C13H17ClN6/c1-15-13(17-8-12-19-18-9-20(12)2)16-7-10-3-5-11(14)6-4-10/h3-6,9H,7-8H2,1-2H3,(H2,15,16,17). The highest BCUT2D eigenvalue weighted by Gasteiger charge is 2.02. The number of guanidine groups is 1. The van der Waals surface area contributed by atoms with E-state index >= 15 is 0 Å². The predicted molar refractivity (Wildman–Crippen MR) is 79.5 cm³/mol. The van der Waals surface area contributed by atoms with Gasteiger partial charge in [0.15, 0.2) is 11.8 Å². The number of aliphatic imine (C=N–C) groups is 1. The van der Waals surface area contributed by atoms with Gasteiger partial charge >= 0.3 is 0 Å². The van der Waals surface area contributed by atoms with E-state index in [4.69, 9.17) is 11.6 Å². The van der Waals surface area contributed by atoms with E-state index < -0.39 is 0 Å². The second-order valence-corrected chi connectivity index (χ2v) is 4.70. The monoisotopic (exact) mass is 292 g/mol. The number of halogens is 1. The molecule has 0 aliphatic carbocycles. The molecule has 2 N–H and O–H groups in total. The van der Waals surface area contributed by atoms with Crippen LogP contribution >= 0.6 is 11.6 Å². The Hall–Kier alpha value is -2.08. The average molecular weight is 293 g/mol. The van der Waals surface area contributed by atoms with E-state index in [0.717, 1.165) is 16.4 Å². The smallest absolute Gasteiger partial charge is 0.191 e. The summed E-state index contributed by atoms with van der Waals surface area (Å²) in [5.41, 5.74) is 1.14. The second-order valence-electron chi connectivity index (χ2n) is 4.26. The first-order valence-electron chi connectivity index (χ1n) is 6.21. The highest BCUT2D eigenvalue weighted by Crippen LogP contribution is 2.08. The summed E-state index contributed by atoms with van der Waals surface area (Å²) in [5, 5.41) is 15.0. The molecule has 1 aromatic carbocycles. The van der Waals surface area contributed by atoms with Crippen molar-refractivity contribution in [2.75, 3.05) is 7.05 Å². The highest BCUT2D eigenvalue weighted by molar-refractivity contribution is 6.30. The number of rotatable bonds is 4. The molecule has 7 heteroatoms. The molecule has 0 amide bonds. The first kappa shape index (κ1) is 14.3. The summed E-state index contributed by atoms with van der Waals surface area (Å²) in [6, 6.07) is 7.69. The highest BCUT2D eigenvalue weighted by atomic mass is 35.5. The van der Waals surface area contributed by atoms with Crippen LogP contribution in [0.1, 0.15) is 11.4 Å². The quantitative estimate of drug-likeness (QED) is 0.659. The van der Waals surface area contributed by atoms with Crippen LogP contribution in [0.3, 0.4) is 0 Å². The molecule has 2 rings (SSSR count). The topological polar surface area (TPSA) is 67.1 Å². The van der Waals surface area contributed by atoms with Crippen LogP contribution in [0.2, 0.25) is 5.02 Å². The summed E-state index contributed by atoms with van der Waals surface area (Å²) in [7, 11) is 3.63. The van der Waals surface area contributed by atoms with E-state index in [2.05, 4.69) is 25.8 Å². The number of nitrogens with zero attached hydrogens (tertiary/aromatic N) is 4. The van der Waals surface area contributed by atoms with Crippen LogP contribution in [-0.4, -0.2) is 27.8 Å². The van der Waals surface area contributed by atoms with Gasteiger partial charge in [0.1, 0.15) is 6.33 Å². The van der Waals surface area contributed by atoms with Crippen molar-refractivity contribution in [3.8, 4) is 0 Å². The fourth-order valence-electron chi connectivity index (χ4n) is 1.64. The number of aryl methyl sites for hydroxylation is 1. The Morgan fingerprint density at radius 1 is 1.25 bits per heavy atom. The van der Waals surface area contributed by atoms with E-state index in [1.807, 2.05) is 35.9 Å². The Balaban J connectivity index is 1.84. The molecule has 106 valence electrons. The minimum absolute atomic E-state index is 0.566. The summed E-state index contributed by atoms with van der Waals surface area (Å²) < 4.78 is 1.86. The fraction of sp³-hybridized carbons (Fsp3) is 0.308. The minimum atomic E-state index is 0.566. The second kappa shape index (κ2) is 6.91. The Morgan fingerprint density at radius 2 is 1.95 bits per heavy atom. The zero-order valence-corrected chi connectivity index (χ0v) is 12.2. The molecule has 2 aromatic rings. The molecule has 0 fully saturated rings.